The van der Waals surface area contributed by atoms with Crippen LogP contribution < -0.4 is 0 Å². The van der Waals surface area contributed by atoms with Gasteiger partial charge in [0.05, 0.1) is 18.6 Å². The zero-order valence-electron chi connectivity index (χ0n) is 9.26. The molecule has 0 aromatic heterocycles. The number of hydrogen-bond acceptors (Lipinski definition) is 4. The number of carboxylic acid groups (broad SMARTS) is 1. The number of carboxylic acids is 1. The molecule has 1 aliphatic rings. The lowest BCUT2D eigenvalue weighted by atomic mass is 9.98. The van der Waals surface area contributed by atoms with Crippen LogP contribution in [0.25, 0.3) is 0 Å². The van der Waals surface area contributed by atoms with Gasteiger partial charge >= 0.3 is 12.1 Å². The molecule has 0 spiro atoms. The first-order valence-electron chi connectivity index (χ1n) is 5.38. The summed E-state index contributed by atoms with van der Waals surface area (Å²) in [4.78, 5) is 23.7. The van der Waals surface area contributed by atoms with E-state index < -0.39 is 24.1 Å². The number of amides is 1. The third-order valence-electron chi connectivity index (χ3n) is 2.71. The van der Waals surface area contributed by atoms with Crippen molar-refractivity contribution in [3.63, 3.8) is 0 Å². The Bertz CT molecular complexity index is 268. The Balaban J connectivity index is 2.57. The van der Waals surface area contributed by atoms with Crippen LogP contribution in [0.15, 0.2) is 0 Å². The Labute approximate surface area is 93.8 Å². The van der Waals surface area contributed by atoms with Gasteiger partial charge in [0, 0.05) is 13.1 Å². The number of carbonyl (C=O) groups is 2. The first-order valence-corrected chi connectivity index (χ1v) is 5.38. The molecule has 1 rings (SSSR count). The fourth-order valence-corrected chi connectivity index (χ4v) is 1.77. The van der Waals surface area contributed by atoms with Crippen LogP contribution >= 0.6 is 0 Å². The molecule has 2 unspecified atom stereocenters. The van der Waals surface area contributed by atoms with E-state index in [0.29, 0.717) is 19.7 Å². The van der Waals surface area contributed by atoms with Gasteiger partial charge in [-0.25, -0.2) is 4.79 Å². The summed E-state index contributed by atoms with van der Waals surface area (Å²) in [5, 5.41) is 18.5. The molecule has 0 aromatic rings. The quantitative estimate of drug-likeness (QED) is 0.713. The second kappa shape index (κ2) is 5.69. The van der Waals surface area contributed by atoms with Crippen molar-refractivity contribution in [3.05, 3.63) is 0 Å². The molecule has 6 heteroatoms. The molecule has 1 fully saturated rings. The van der Waals surface area contributed by atoms with E-state index in [0.717, 1.165) is 0 Å². The lowest BCUT2D eigenvalue weighted by Crippen LogP contribution is -2.32. The minimum Gasteiger partial charge on any atom is -0.481 e. The molecule has 2 atom stereocenters. The number of ether oxygens (including phenoxy) is 1. The minimum absolute atomic E-state index is 0.259. The molecule has 6 nitrogen and oxygen atoms in total. The van der Waals surface area contributed by atoms with Crippen LogP contribution in [0.3, 0.4) is 0 Å². The third-order valence-corrected chi connectivity index (χ3v) is 2.71. The number of aliphatic carboxylic acids is 1. The van der Waals surface area contributed by atoms with Crippen LogP contribution in [0, 0.1) is 5.92 Å². The molecule has 0 aromatic carbocycles. The summed E-state index contributed by atoms with van der Waals surface area (Å²) in [6.07, 6.45) is -0.803. The summed E-state index contributed by atoms with van der Waals surface area (Å²) in [5.74, 6) is -1.81. The van der Waals surface area contributed by atoms with Gasteiger partial charge in [0.15, 0.2) is 0 Å². The van der Waals surface area contributed by atoms with Crippen molar-refractivity contribution in [1.29, 1.82) is 0 Å². The number of rotatable bonds is 2. The van der Waals surface area contributed by atoms with Gasteiger partial charge in [-0.3, -0.25) is 4.79 Å². The van der Waals surface area contributed by atoms with Gasteiger partial charge in [-0.15, -0.1) is 0 Å². The molecule has 0 radical (unpaired) electrons. The number of nitrogens with zero attached hydrogens (tertiary/aromatic N) is 1. The zero-order chi connectivity index (χ0) is 12.1. The Hall–Kier alpha value is -1.30. The Morgan fingerprint density at radius 3 is 2.56 bits per heavy atom. The van der Waals surface area contributed by atoms with E-state index in [2.05, 4.69) is 0 Å². The lowest BCUT2D eigenvalue weighted by Gasteiger charge is -2.18. The second-order valence-corrected chi connectivity index (χ2v) is 3.78. The van der Waals surface area contributed by atoms with Gasteiger partial charge in [0.2, 0.25) is 0 Å². The number of aliphatic hydroxyl groups is 1. The minimum atomic E-state index is -1.02. The smallest absolute Gasteiger partial charge is 0.409 e. The Morgan fingerprint density at radius 2 is 2.00 bits per heavy atom. The fourth-order valence-electron chi connectivity index (χ4n) is 1.77. The summed E-state index contributed by atoms with van der Waals surface area (Å²) in [6.45, 7) is 2.65. The van der Waals surface area contributed by atoms with E-state index in [9.17, 15) is 14.7 Å². The molecule has 2 N–H and O–H groups in total. The normalized spacial score (nSPS) is 26.0. The van der Waals surface area contributed by atoms with Crippen molar-refractivity contribution in [2.75, 3.05) is 19.7 Å². The standard InChI is InChI=1S/C10H17NO5/c1-2-16-10(15)11-5-3-7(9(13)14)8(12)4-6-11/h7-8,12H,2-6H2,1H3,(H,13,14). The molecule has 1 aliphatic heterocycles. The van der Waals surface area contributed by atoms with E-state index in [1.807, 2.05) is 0 Å². The fraction of sp³-hybridized carbons (Fsp3) is 0.800. The van der Waals surface area contributed by atoms with Crippen LogP contribution in [0.4, 0.5) is 4.79 Å². The average Bonchev–Trinajstić information content (AvgIpc) is 2.40. The van der Waals surface area contributed by atoms with E-state index in [1.54, 1.807) is 6.92 Å². The number of likely N-dealkylation sites (tertiary alicyclic amines) is 1. The molecular formula is C10H17NO5. The topological polar surface area (TPSA) is 87.1 Å². The van der Waals surface area contributed by atoms with E-state index in [4.69, 9.17) is 9.84 Å². The third kappa shape index (κ3) is 3.10. The van der Waals surface area contributed by atoms with Gasteiger partial charge in [-0.05, 0) is 19.8 Å². The predicted molar refractivity (Wildman–Crippen MR) is 55.0 cm³/mol. The molecule has 92 valence electrons. The molecule has 1 saturated heterocycles. The Kier molecular flexibility index (Phi) is 4.54. The summed E-state index contributed by atoms with van der Waals surface area (Å²) in [5.41, 5.74) is 0. The predicted octanol–water partition coefficient (Wildman–Crippen LogP) is 0.300. The number of aliphatic hydroxyl groups excluding tert-OH is 1. The van der Waals surface area contributed by atoms with Gasteiger partial charge in [0.25, 0.3) is 0 Å². The van der Waals surface area contributed by atoms with Crippen molar-refractivity contribution < 1.29 is 24.5 Å². The zero-order valence-corrected chi connectivity index (χ0v) is 9.26. The summed E-state index contributed by atoms with van der Waals surface area (Å²) >= 11 is 0. The van der Waals surface area contributed by atoms with Crippen molar-refractivity contribution in [2.45, 2.75) is 25.9 Å². The van der Waals surface area contributed by atoms with Crippen molar-refractivity contribution in [3.8, 4) is 0 Å². The largest absolute Gasteiger partial charge is 0.481 e. The first-order chi connectivity index (χ1) is 7.56. The van der Waals surface area contributed by atoms with Gasteiger partial charge in [-0.1, -0.05) is 0 Å². The number of hydrogen-bond donors (Lipinski definition) is 2. The average molecular weight is 231 g/mol. The van der Waals surface area contributed by atoms with Crippen molar-refractivity contribution in [1.82, 2.24) is 4.90 Å². The van der Waals surface area contributed by atoms with Gasteiger partial charge in [0.1, 0.15) is 0 Å². The molecule has 0 bridgehead atoms. The highest BCUT2D eigenvalue weighted by Gasteiger charge is 2.31. The highest BCUT2D eigenvalue weighted by atomic mass is 16.6. The summed E-state index contributed by atoms with van der Waals surface area (Å²) < 4.78 is 4.83. The van der Waals surface area contributed by atoms with Gasteiger partial charge < -0.3 is 19.8 Å². The summed E-state index contributed by atoms with van der Waals surface area (Å²) in [7, 11) is 0. The maximum absolute atomic E-state index is 11.4. The molecule has 0 saturated carbocycles. The van der Waals surface area contributed by atoms with Crippen LogP contribution in [0.1, 0.15) is 19.8 Å². The SMILES string of the molecule is CCOC(=O)N1CCC(O)C(C(=O)O)CC1. The maximum Gasteiger partial charge on any atom is 0.409 e. The van der Waals surface area contributed by atoms with Crippen LogP contribution in [-0.2, 0) is 9.53 Å². The van der Waals surface area contributed by atoms with Gasteiger partial charge in [-0.2, -0.15) is 0 Å². The second-order valence-electron chi connectivity index (χ2n) is 3.78. The van der Waals surface area contributed by atoms with E-state index >= 15 is 0 Å². The van der Waals surface area contributed by atoms with Crippen LogP contribution in [0.5, 0.6) is 0 Å². The highest BCUT2D eigenvalue weighted by molar-refractivity contribution is 5.71. The maximum atomic E-state index is 11.4. The van der Waals surface area contributed by atoms with Crippen molar-refractivity contribution in [2.24, 2.45) is 5.92 Å². The van der Waals surface area contributed by atoms with Crippen molar-refractivity contribution >= 4 is 12.1 Å². The lowest BCUT2D eigenvalue weighted by molar-refractivity contribution is -0.145. The molecule has 0 aliphatic carbocycles. The van der Waals surface area contributed by atoms with E-state index in [-0.39, 0.29) is 12.8 Å². The monoisotopic (exact) mass is 231 g/mol. The first kappa shape index (κ1) is 12.8. The molecular weight excluding hydrogens is 214 g/mol. The van der Waals surface area contributed by atoms with Crippen LogP contribution in [0.2, 0.25) is 0 Å². The van der Waals surface area contributed by atoms with Crippen LogP contribution in [-0.4, -0.2) is 53.0 Å². The van der Waals surface area contributed by atoms with E-state index in [1.165, 1.54) is 4.90 Å². The molecule has 1 heterocycles. The molecule has 1 amide bonds. The Morgan fingerprint density at radius 1 is 1.38 bits per heavy atom. The molecule has 16 heavy (non-hydrogen) atoms. The number of carbonyl (C=O) groups excluding carboxylic acids is 1. The summed E-state index contributed by atoms with van der Waals surface area (Å²) in [6, 6.07) is 0. The highest BCUT2D eigenvalue weighted by Crippen LogP contribution is 2.18.